The standard InChI is InChI=1S/C21H17F3N6O4S/c1-4-30-20(32)34-17(29-30)11-5-12(18(33-3)26-7-11)14-8-25-16(27-10(2)31)6-13(14)19-28-15(9-35-19)21(22,23)24/h5-9H,4H2,1-3H3,(H,25,27,31). The van der Waals surface area contributed by atoms with Gasteiger partial charge in [-0.15, -0.1) is 16.4 Å². The van der Waals surface area contributed by atoms with E-state index in [9.17, 15) is 22.8 Å². The molecular weight excluding hydrogens is 489 g/mol. The molecule has 0 aromatic carbocycles. The molecule has 0 bridgehead atoms. The van der Waals surface area contributed by atoms with Crippen molar-refractivity contribution in [2.75, 3.05) is 12.4 Å². The van der Waals surface area contributed by atoms with Crippen LogP contribution in [0.5, 0.6) is 5.88 Å². The number of carbonyl (C=O) groups is 1. The Balaban J connectivity index is 1.92. The van der Waals surface area contributed by atoms with Crippen LogP contribution in [0.2, 0.25) is 0 Å². The van der Waals surface area contributed by atoms with Gasteiger partial charge in [0.25, 0.3) is 5.89 Å². The Bertz CT molecular complexity index is 1460. The first-order valence-corrected chi connectivity index (χ1v) is 10.9. The van der Waals surface area contributed by atoms with E-state index >= 15 is 0 Å². The summed E-state index contributed by atoms with van der Waals surface area (Å²) in [6, 6.07) is 2.97. The van der Waals surface area contributed by atoms with Crippen molar-refractivity contribution in [3.05, 3.63) is 46.2 Å². The van der Waals surface area contributed by atoms with Gasteiger partial charge in [-0.05, 0) is 19.1 Å². The second kappa shape index (κ2) is 9.29. The first kappa shape index (κ1) is 24.1. The number of ether oxygens (including phenoxy) is 1. The molecule has 0 saturated heterocycles. The number of amides is 1. The summed E-state index contributed by atoms with van der Waals surface area (Å²) in [6.07, 6.45) is -1.88. The Morgan fingerprint density at radius 1 is 1.20 bits per heavy atom. The number of hydrogen-bond acceptors (Lipinski definition) is 9. The van der Waals surface area contributed by atoms with Crippen LogP contribution in [0.25, 0.3) is 33.2 Å². The van der Waals surface area contributed by atoms with Crippen molar-refractivity contribution in [2.24, 2.45) is 0 Å². The summed E-state index contributed by atoms with van der Waals surface area (Å²) in [7, 11) is 1.38. The second-order valence-corrected chi connectivity index (χ2v) is 7.96. The number of alkyl halides is 3. The average molecular weight is 506 g/mol. The van der Waals surface area contributed by atoms with Crippen LogP contribution in [0.15, 0.2) is 39.1 Å². The predicted octanol–water partition coefficient (Wildman–Crippen LogP) is 4.09. The number of halogens is 3. The predicted molar refractivity (Wildman–Crippen MR) is 120 cm³/mol. The number of nitrogens with zero attached hydrogens (tertiary/aromatic N) is 5. The van der Waals surface area contributed by atoms with E-state index in [4.69, 9.17) is 9.15 Å². The fraction of sp³-hybridized carbons (Fsp3) is 0.238. The maximum absolute atomic E-state index is 13.2. The average Bonchev–Trinajstić information content (AvgIpc) is 3.45. The zero-order chi connectivity index (χ0) is 25.3. The number of nitrogens with one attached hydrogen (secondary N) is 1. The fourth-order valence-corrected chi connectivity index (χ4v) is 4.03. The van der Waals surface area contributed by atoms with Crippen molar-refractivity contribution in [3.8, 4) is 39.0 Å². The molecule has 0 saturated carbocycles. The molecule has 0 unspecified atom stereocenters. The van der Waals surface area contributed by atoms with Crippen LogP contribution in [0, 0.1) is 0 Å². The summed E-state index contributed by atoms with van der Waals surface area (Å²) in [6.45, 7) is 3.30. The van der Waals surface area contributed by atoms with Crippen LogP contribution in [-0.2, 0) is 17.5 Å². The van der Waals surface area contributed by atoms with E-state index in [1.165, 1.54) is 32.5 Å². The maximum Gasteiger partial charge on any atom is 0.437 e. The molecule has 1 amide bonds. The van der Waals surface area contributed by atoms with E-state index in [0.717, 1.165) is 21.4 Å². The number of rotatable bonds is 6. The van der Waals surface area contributed by atoms with Gasteiger partial charge in [-0.2, -0.15) is 17.9 Å². The molecule has 10 nitrogen and oxygen atoms in total. The first-order chi connectivity index (χ1) is 16.6. The number of hydrogen-bond donors (Lipinski definition) is 1. The van der Waals surface area contributed by atoms with Gasteiger partial charge in [-0.3, -0.25) is 4.79 Å². The number of carbonyl (C=O) groups excluding carboxylic acids is 1. The highest BCUT2D eigenvalue weighted by Gasteiger charge is 2.34. The lowest BCUT2D eigenvalue weighted by Crippen LogP contribution is -2.13. The Kier molecular flexibility index (Phi) is 6.39. The zero-order valence-electron chi connectivity index (χ0n) is 18.5. The highest BCUT2D eigenvalue weighted by atomic mass is 32.1. The van der Waals surface area contributed by atoms with Gasteiger partial charge in [0.05, 0.1) is 12.7 Å². The van der Waals surface area contributed by atoms with Crippen molar-refractivity contribution < 1.29 is 27.1 Å². The largest absolute Gasteiger partial charge is 0.481 e. The van der Waals surface area contributed by atoms with Crippen LogP contribution in [-0.4, -0.2) is 37.7 Å². The van der Waals surface area contributed by atoms with Gasteiger partial charge in [0.2, 0.25) is 11.8 Å². The third kappa shape index (κ3) is 4.91. The van der Waals surface area contributed by atoms with Crippen LogP contribution < -0.4 is 15.8 Å². The zero-order valence-corrected chi connectivity index (χ0v) is 19.3. The van der Waals surface area contributed by atoms with Gasteiger partial charge in [0, 0.05) is 47.9 Å². The fourth-order valence-electron chi connectivity index (χ4n) is 3.17. The second-order valence-electron chi connectivity index (χ2n) is 7.10. The van der Waals surface area contributed by atoms with E-state index in [1.807, 2.05) is 0 Å². The van der Waals surface area contributed by atoms with E-state index < -0.39 is 23.5 Å². The monoisotopic (exact) mass is 506 g/mol. The van der Waals surface area contributed by atoms with E-state index in [1.54, 1.807) is 13.0 Å². The molecule has 182 valence electrons. The Morgan fingerprint density at radius 3 is 2.57 bits per heavy atom. The molecule has 35 heavy (non-hydrogen) atoms. The van der Waals surface area contributed by atoms with Gasteiger partial charge in [-0.25, -0.2) is 19.7 Å². The smallest absolute Gasteiger partial charge is 0.437 e. The maximum atomic E-state index is 13.2. The highest BCUT2D eigenvalue weighted by Crippen LogP contribution is 2.41. The van der Waals surface area contributed by atoms with E-state index in [2.05, 4.69) is 25.4 Å². The summed E-state index contributed by atoms with van der Waals surface area (Å²) in [5.41, 5.74) is 0.191. The molecule has 4 aromatic heterocycles. The minimum absolute atomic E-state index is 0.00577. The highest BCUT2D eigenvalue weighted by molar-refractivity contribution is 7.13. The van der Waals surface area contributed by atoms with Crippen LogP contribution >= 0.6 is 11.3 Å². The van der Waals surface area contributed by atoms with Crippen molar-refractivity contribution in [1.29, 1.82) is 0 Å². The van der Waals surface area contributed by atoms with Gasteiger partial charge >= 0.3 is 11.9 Å². The molecule has 0 radical (unpaired) electrons. The van der Waals surface area contributed by atoms with E-state index in [-0.39, 0.29) is 28.2 Å². The van der Waals surface area contributed by atoms with Crippen molar-refractivity contribution in [1.82, 2.24) is 24.7 Å². The summed E-state index contributed by atoms with van der Waals surface area (Å²) < 4.78 is 51.3. The molecule has 0 aliphatic rings. The van der Waals surface area contributed by atoms with Crippen molar-refractivity contribution >= 4 is 23.1 Å². The Hall–Kier alpha value is -4.07. The summed E-state index contributed by atoms with van der Waals surface area (Å²) in [5.74, 6) is -0.797. The van der Waals surface area contributed by atoms with Gasteiger partial charge < -0.3 is 14.5 Å². The topological polar surface area (TPSA) is 125 Å². The van der Waals surface area contributed by atoms with Gasteiger partial charge in [-0.1, -0.05) is 0 Å². The van der Waals surface area contributed by atoms with Crippen molar-refractivity contribution in [2.45, 2.75) is 26.6 Å². The molecule has 0 aliphatic heterocycles. The minimum atomic E-state index is -4.63. The molecule has 0 aliphatic carbocycles. The quantitative estimate of drug-likeness (QED) is 0.415. The molecule has 4 heterocycles. The number of thiazole rings is 1. The van der Waals surface area contributed by atoms with Crippen LogP contribution in [0.4, 0.5) is 19.0 Å². The number of pyridine rings is 2. The van der Waals surface area contributed by atoms with E-state index in [0.29, 0.717) is 23.2 Å². The number of aromatic nitrogens is 5. The normalized spacial score (nSPS) is 11.5. The van der Waals surface area contributed by atoms with Crippen LogP contribution in [0.3, 0.4) is 0 Å². The third-order valence-electron chi connectivity index (χ3n) is 4.72. The minimum Gasteiger partial charge on any atom is -0.481 e. The number of anilines is 1. The lowest BCUT2D eigenvalue weighted by atomic mass is 10.0. The molecule has 4 rings (SSSR count). The molecule has 0 atom stereocenters. The SMILES string of the molecule is CCn1nc(-c2cnc(OC)c(-c3cnc(NC(C)=O)cc3-c3nc(C(F)(F)F)cs3)c2)oc1=O. The summed E-state index contributed by atoms with van der Waals surface area (Å²) in [5, 5.41) is 7.55. The molecule has 14 heteroatoms. The summed E-state index contributed by atoms with van der Waals surface area (Å²) in [4.78, 5) is 35.6. The lowest BCUT2D eigenvalue weighted by molar-refractivity contribution is -0.140. The van der Waals surface area contributed by atoms with Gasteiger partial charge in [0.1, 0.15) is 10.8 Å². The number of methoxy groups -OCH3 is 1. The lowest BCUT2D eigenvalue weighted by Gasteiger charge is -2.13. The van der Waals surface area contributed by atoms with Crippen molar-refractivity contribution in [3.63, 3.8) is 0 Å². The molecule has 0 fully saturated rings. The summed E-state index contributed by atoms with van der Waals surface area (Å²) >= 11 is 0.780. The molecule has 1 N–H and O–H groups in total. The molecule has 0 spiro atoms. The first-order valence-electron chi connectivity index (χ1n) is 10.0. The van der Waals surface area contributed by atoms with Crippen LogP contribution in [0.1, 0.15) is 19.5 Å². The molecule has 4 aromatic rings. The Morgan fingerprint density at radius 2 is 1.97 bits per heavy atom. The molecular formula is C21H17F3N6O4S. The Labute approximate surface area is 199 Å². The third-order valence-corrected chi connectivity index (χ3v) is 5.60. The van der Waals surface area contributed by atoms with Gasteiger partial charge in [0.15, 0.2) is 5.69 Å². The number of aryl methyl sites for hydroxylation is 1.